The maximum absolute atomic E-state index is 14.6. The molecule has 1 unspecified atom stereocenters. The Morgan fingerprint density at radius 2 is 1.87 bits per heavy atom. The van der Waals surface area contributed by atoms with Gasteiger partial charge in [-0.3, -0.25) is 29.2 Å². The number of thiazole rings is 1. The highest BCUT2D eigenvalue weighted by Gasteiger charge is 2.42. The molecule has 7 rings (SSSR count). The Hall–Kier alpha value is -5.85. The highest BCUT2D eigenvalue weighted by Crippen LogP contribution is 2.42. The van der Waals surface area contributed by atoms with Gasteiger partial charge in [0.2, 0.25) is 5.91 Å². The molecule has 67 heavy (non-hydrogen) atoms. The van der Waals surface area contributed by atoms with Gasteiger partial charge in [-0.25, -0.2) is 15.2 Å². The number of carbonyl (C=O) groups excluding carboxylic acids is 5. The Bertz CT molecular complexity index is 2530. The van der Waals surface area contributed by atoms with E-state index in [1.54, 1.807) is 32.3 Å². The van der Waals surface area contributed by atoms with Crippen LogP contribution >= 0.6 is 11.3 Å². The van der Waals surface area contributed by atoms with Crippen LogP contribution < -0.4 is 10.7 Å². The summed E-state index contributed by atoms with van der Waals surface area (Å²) in [7, 11) is 6.27. The molecule has 5 amide bonds. The monoisotopic (exact) mass is 939 g/mol. The normalized spacial score (nSPS) is 19.8. The number of hydrazine groups is 1. The number of benzene rings is 1. The summed E-state index contributed by atoms with van der Waals surface area (Å²) in [4.78, 5) is 83.8. The molecule has 3 aromatic heterocycles. The lowest BCUT2D eigenvalue weighted by Crippen LogP contribution is -2.65. The van der Waals surface area contributed by atoms with Crippen LogP contribution in [-0.2, 0) is 52.8 Å². The molecule has 2 fully saturated rings. The number of methoxy groups -OCH3 is 2. The van der Waals surface area contributed by atoms with Crippen molar-refractivity contribution in [3.63, 3.8) is 0 Å². The van der Waals surface area contributed by atoms with Crippen LogP contribution in [0.15, 0.2) is 54.2 Å². The van der Waals surface area contributed by atoms with Gasteiger partial charge in [0.05, 0.1) is 48.0 Å². The number of esters is 1. The molecule has 6 bridgehead atoms. The Balaban J connectivity index is 1.23. The van der Waals surface area contributed by atoms with E-state index in [1.165, 1.54) is 33.3 Å². The van der Waals surface area contributed by atoms with Crippen molar-refractivity contribution in [2.24, 2.45) is 11.3 Å². The van der Waals surface area contributed by atoms with E-state index in [0.29, 0.717) is 50.4 Å². The fourth-order valence-corrected chi connectivity index (χ4v) is 10.3. The maximum atomic E-state index is 14.6. The van der Waals surface area contributed by atoms with Gasteiger partial charge >= 0.3 is 12.0 Å². The van der Waals surface area contributed by atoms with Gasteiger partial charge in [-0.1, -0.05) is 40.3 Å². The number of urea groups is 1. The first-order chi connectivity index (χ1) is 31.9. The quantitative estimate of drug-likeness (QED) is 0.109. The third kappa shape index (κ3) is 10.1. The molecule has 0 spiro atoms. The molecule has 2 saturated heterocycles. The summed E-state index contributed by atoms with van der Waals surface area (Å²) >= 11 is 1.40. The number of cyclic esters (lactones) is 1. The molecule has 360 valence electrons. The number of aryl methyl sites for hydroxylation is 1. The van der Waals surface area contributed by atoms with Gasteiger partial charge in [0.15, 0.2) is 5.76 Å². The molecule has 3 aliphatic rings. The van der Waals surface area contributed by atoms with E-state index in [0.717, 1.165) is 44.7 Å². The first kappa shape index (κ1) is 49.1. The second-order valence-corrected chi connectivity index (χ2v) is 19.9. The van der Waals surface area contributed by atoms with Crippen molar-refractivity contribution in [2.75, 3.05) is 54.6 Å². The molecule has 6 heterocycles. The third-order valence-corrected chi connectivity index (χ3v) is 14.1. The van der Waals surface area contributed by atoms with Crippen LogP contribution in [0.4, 0.5) is 4.79 Å². The van der Waals surface area contributed by atoms with Gasteiger partial charge in [-0.2, -0.15) is 0 Å². The fourth-order valence-electron chi connectivity index (χ4n) is 9.40. The summed E-state index contributed by atoms with van der Waals surface area (Å²) in [6, 6.07) is 6.82. The average molecular weight is 940 g/mol. The maximum Gasteiger partial charge on any atom is 0.324 e. The number of likely N-dealkylation sites (tertiary alicyclic amines) is 1. The lowest BCUT2D eigenvalue weighted by molar-refractivity contribution is -0.155. The number of aromatic nitrogens is 3. The topological polar surface area (TPSA) is 181 Å². The highest BCUT2D eigenvalue weighted by molar-refractivity contribution is 7.10. The first-order valence-electron chi connectivity index (χ1n) is 23.0. The molecular weight excluding hydrogens is 875 g/mol. The largest absolute Gasteiger partial charge is 0.492 e. The molecule has 18 heteroatoms. The number of amides is 5. The van der Waals surface area contributed by atoms with E-state index in [2.05, 4.69) is 66.9 Å². The predicted molar refractivity (Wildman–Crippen MR) is 255 cm³/mol. The molecule has 4 atom stereocenters. The van der Waals surface area contributed by atoms with Crippen molar-refractivity contribution in [3.05, 3.63) is 70.5 Å². The number of hydrogen-bond donors (Lipinski definition) is 2. The molecule has 0 radical (unpaired) electrons. The number of pyridine rings is 1. The molecule has 0 saturated carbocycles. The molecule has 4 aromatic rings. The van der Waals surface area contributed by atoms with Crippen molar-refractivity contribution in [1.29, 1.82) is 0 Å². The fraction of sp³-hybridized carbons (Fsp3) is 0.531. The minimum atomic E-state index is -1.10. The number of ether oxygens (including phenoxy) is 3. The van der Waals surface area contributed by atoms with Crippen LogP contribution in [0, 0.1) is 11.3 Å². The summed E-state index contributed by atoms with van der Waals surface area (Å²) < 4.78 is 19.2. The molecule has 17 nitrogen and oxygen atoms in total. The number of rotatable bonds is 11. The number of nitrogens with one attached hydrogen (secondary N) is 2. The Kier molecular flexibility index (Phi) is 14.8. The summed E-state index contributed by atoms with van der Waals surface area (Å²) in [5, 5.41) is 8.04. The average Bonchev–Trinajstić information content (AvgIpc) is 3.89. The summed E-state index contributed by atoms with van der Waals surface area (Å²) in [6.45, 7) is 17.3. The minimum Gasteiger partial charge on any atom is -0.492 e. The van der Waals surface area contributed by atoms with Crippen molar-refractivity contribution >= 4 is 52.0 Å². The van der Waals surface area contributed by atoms with Gasteiger partial charge in [-0.05, 0) is 68.9 Å². The van der Waals surface area contributed by atoms with Crippen LogP contribution in [0.2, 0.25) is 0 Å². The zero-order valence-corrected chi connectivity index (χ0v) is 41.2. The Labute approximate surface area is 396 Å². The predicted octanol–water partition coefficient (Wildman–Crippen LogP) is 5.58. The van der Waals surface area contributed by atoms with Gasteiger partial charge in [0.1, 0.15) is 18.1 Å². The highest BCUT2D eigenvalue weighted by atomic mass is 32.1. The molecule has 2 N–H and O–H groups in total. The Morgan fingerprint density at radius 3 is 2.55 bits per heavy atom. The van der Waals surface area contributed by atoms with E-state index in [-0.39, 0.29) is 42.8 Å². The summed E-state index contributed by atoms with van der Waals surface area (Å²) in [6.07, 6.45) is 3.14. The van der Waals surface area contributed by atoms with Gasteiger partial charge < -0.3 is 38.8 Å². The molecule has 3 aliphatic heterocycles. The van der Waals surface area contributed by atoms with E-state index in [1.807, 2.05) is 32.2 Å². The van der Waals surface area contributed by atoms with Gasteiger partial charge in [0.25, 0.3) is 11.8 Å². The third-order valence-electron chi connectivity index (χ3n) is 13.3. The van der Waals surface area contributed by atoms with E-state index in [9.17, 15) is 24.0 Å². The number of likely N-dealkylation sites (N-methyl/N-ethyl adjacent to an activating group) is 2. The van der Waals surface area contributed by atoms with Crippen molar-refractivity contribution in [2.45, 2.75) is 104 Å². The smallest absolute Gasteiger partial charge is 0.324 e. The zero-order valence-electron chi connectivity index (χ0n) is 40.4. The second kappa shape index (κ2) is 20.2. The summed E-state index contributed by atoms with van der Waals surface area (Å²) in [5.74, 6) is -2.09. The Morgan fingerprint density at radius 1 is 1.12 bits per heavy atom. The van der Waals surface area contributed by atoms with Gasteiger partial charge in [-0.15, -0.1) is 11.3 Å². The van der Waals surface area contributed by atoms with Crippen molar-refractivity contribution in [1.82, 2.24) is 45.0 Å². The minimum absolute atomic E-state index is 0.0175. The van der Waals surface area contributed by atoms with Crippen LogP contribution in [0.25, 0.3) is 33.4 Å². The molecular formula is C49H65N9O8S. The second-order valence-electron chi connectivity index (χ2n) is 19.0. The van der Waals surface area contributed by atoms with Crippen LogP contribution in [-0.4, -0.2) is 143 Å². The zero-order chi connectivity index (χ0) is 48.5. The summed E-state index contributed by atoms with van der Waals surface area (Å²) in [5.41, 5.74) is 9.20. The number of fused-ring (bicyclic) bond motifs is 6. The van der Waals surface area contributed by atoms with E-state index in [4.69, 9.17) is 24.2 Å². The lowest BCUT2D eigenvalue weighted by Gasteiger charge is -2.45. The van der Waals surface area contributed by atoms with Crippen LogP contribution in [0.3, 0.4) is 0 Å². The van der Waals surface area contributed by atoms with Crippen LogP contribution in [0.5, 0.6) is 0 Å². The van der Waals surface area contributed by atoms with Crippen LogP contribution in [0.1, 0.15) is 76.8 Å². The SMILES string of the molecule is C=C(OC)C(=O)N1CC(N(C)C(=O)N(C)C(C(=O)N[C@H]2Cc3nc(cs3)-c3ccc4c(c3)c(c(-c3cccnc3[C@H](C)OC)n4CC)CC(C)(C)COC(=O)[C@@H]3CCCN(N3)C2=O)C(C)C)C1. The van der Waals surface area contributed by atoms with E-state index >= 15 is 0 Å². The lowest BCUT2D eigenvalue weighted by atomic mass is 9.84. The number of carbonyl (C=O) groups is 5. The first-order valence-corrected chi connectivity index (χ1v) is 23.9. The molecule has 0 aliphatic carbocycles. The van der Waals surface area contributed by atoms with Crippen molar-refractivity contribution < 1.29 is 38.2 Å². The standard InChI is InChI=1S/C49H65N9O8S/c1-12-57-39-18-17-31-21-34(39)35(43(57)33-15-13-19-50-41(33)29(4)64-10)23-49(6,7)27-66-47(62)36-16-14-20-58(53-36)46(61)37(22-40-51-38(31)26-67-40)52-44(59)42(28(2)3)55(9)48(63)54(8)32-24-56(25-32)45(60)30(5)65-11/h13,15,17-19,21,26,28-29,32,36-37,42,53H,5,12,14,16,20,22-25,27H2,1-4,6-11H3,(H,52,59)/t29-,36-,37-,42?/m0/s1. The molecule has 1 aromatic carbocycles. The number of nitrogens with zero attached hydrogens (tertiary/aromatic N) is 7. The number of hydrogen-bond acceptors (Lipinski definition) is 12. The van der Waals surface area contributed by atoms with E-state index < -0.39 is 47.4 Å². The van der Waals surface area contributed by atoms with Crippen molar-refractivity contribution in [3.8, 4) is 22.5 Å². The van der Waals surface area contributed by atoms with Gasteiger partial charge in [0, 0.05) is 92.8 Å².